The van der Waals surface area contributed by atoms with E-state index in [2.05, 4.69) is 0 Å². The number of esters is 1. The molecule has 1 aliphatic rings. The Bertz CT molecular complexity index is 179. The Labute approximate surface area is 73.0 Å². The van der Waals surface area contributed by atoms with Crippen molar-refractivity contribution in [3.05, 3.63) is 0 Å². The molecule has 0 aliphatic carbocycles. The van der Waals surface area contributed by atoms with Crippen molar-refractivity contribution in [1.82, 2.24) is 0 Å². The predicted octanol–water partition coefficient (Wildman–Crippen LogP) is 1.51. The van der Waals surface area contributed by atoms with Crippen LogP contribution in [0.1, 0.15) is 33.6 Å². The third-order valence-corrected chi connectivity index (χ3v) is 2.23. The van der Waals surface area contributed by atoms with Crippen molar-refractivity contribution in [3.8, 4) is 0 Å². The second-order valence-corrected chi connectivity index (χ2v) is 3.12. The molecule has 3 nitrogen and oxygen atoms in total. The van der Waals surface area contributed by atoms with Gasteiger partial charge in [0.15, 0.2) is 5.60 Å². The van der Waals surface area contributed by atoms with Gasteiger partial charge in [0.2, 0.25) is 0 Å². The molecule has 0 radical (unpaired) electrons. The lowest BCUT2D eigenvalue weighted by Gasteiger charge is -2.09. The second-order valence-electron chi connectivity index (χ2n) is 3.12. The van der Waals surface area contributed by atoms with Crippen LogP contribution in [0.3, 0.4) is 0 Å². The molecule has 1 rings (SSSR count). The average molecular weight is 172 g/mol. The first kappa shape index (κ1) is 9.52. The van der Waals surface area contributed by atoms with Crippen molar-refractivity contribution < 1.29 is 14.3 Å². The fraction of sp³-hybridized carbons (Fsp3) is 0.889. The van der Waals surface area contributed by atoms with Crippen molar-refractivity contribution in [2.75, 3.05) is 6.61 Å². The number of ether oxygens (including phenoxy) is 2. The first-order chi connectivity index (χ1) is 5.67. The molecule has 12 heavy (non-hydrogen) atoms. The molecular formula is C9H16O3. The molecule has 70 valence electrons. The van der Waals surface area contributed by atoms with Crippen molar-refractivity contribution in [2.45, 2.75) is 45.3 Å². The highest BCUT2D eigenvalue weighted by atomic mass is 16.7. The summed E-state index contributed by atoms with van der Waals surface area (Å²) in [6.07, 6.45) is 1.76. The zero-order valence-electron chi connectivity index (χ0n) is 7.92. The van der Waals surface area contributed by atoms with E-state index in [1.54, 1.807) is 0 Å². The first-order valence-corrected chi connectivity index (χ1v) is 4.52. The van der Waals surface area contributed by atoms with Gasteiger partial charge in [0.05, 0.1) is 12.7 Å². The summed E-state index contributed by atoms with van der Waals surface area (Å²) < 4.78 is 10.2. The van der Waals surface area contributed by atoms with Gasteiger partial charge < -0.3 is 9.47 Å². The second kappa shape index (κ2) is 3.44. The SMILES string of the molecule is CCCC1(C(=O)OCC)OC1C. The van der Waals surface area contributed by atoms with Gasteiger partial charge >= 0.3 is 5.97 Å². The molecule has 3 heteroatoms. The van der Waals surface area contributed by atoms with Crippen LogP contribution in [0.25, 0.3) is 0 Å². The lowest BCUT2D eigenvalue weighted by Crippen LogP contribution is -2.28. The van der Waals surface area contributed by atoms with Gasteiger partial charge in [0.1, 0.15) is 0 Å². The molecule has 0 aromatic rings. The van der Waals surface area contributed by atoms with Gasteiger partial charge in [-0.1, -0.05) is 13.3 Å². The van der Waals surface area contributed by atoms with Crippen LogP contribution in [-0.2, 0) is 14.3 Å². The third-order valence-electron chi connectivity index (χ3n) is 2.23. The number of rotatable bonds is 4. The number of carbonyl (C=O) groups excluding carboxylic acids is 1. The molecular weight excluding hydrogens is 156 g/mol. The Kier molecular flexibility index (Phi) is 2.73. The quantitative estimate of drug-likeness (QED) is 0.476. The molecule has 0 bridgehead atoms. The van der Waals surface area contributed by atoms with Crippen molar-refractivity contribution in [1.29, 1.82) is 0 Å². The van der Waals surface area contributed by atoms with Crippen LogP contribution in [0.15, 0.2) is 0 Å². The zero-order chi connectivity index (χ0) is 9.19. The summed E-state index contributed by atoms with van der Waals surface area (Å²) in [5.74, 6) is -0.195. The average Bonchev–Trinajstić information content (AvgIpc) is 2.64. The first-order valence-electron chi connectivity index (χ1n) is 4.52. The maximum absolute atomic E-state index is 11.4. The van der Waals surface area contributed by atoms with Gasteiger partial charge in [-0.25, -0.2) is 4.79 Å². The number of carbonyl (C=O) groups is 1. The van der Waals surface area contributed by atoms with Crippen LogP contribution in [0.4, 0.5) is 0 Å². The molecule has 1 heterocycles. The summed E-state index contributed by atoms with van der Waals surface area (Å²) in [7, 11) is 0. The summed E-state index contributed by atoms with van der Waals surface area (Å²) in [5.41, 5.74) is -0.592. The zero-order valence-corrected chi connectivity index (χ0v) is 7.92. The van der Waals surface area contributed by atoms with E-state index in [1.165, 1.54) is 0 Å². The predicted molar refractivity (Wildman–Crippen MR) is 44.8 cm³/mol. The van der Waals surface area contributed by atoms with Crippen LogP contribution in [0.2, 0.25) is 0 Å². The topological polar surface area (TPSA) is 38.8 Å². The molecule has 0 saturated carbocycles. The lowest BCUT2D eigenvalue weighted by atomic mass is 10.0. The summed E-state index contributed by atoms with van der Waals surface area (Å²) in [4.78, 5) is 11.4. The lowest BCUT2D eigenvalue weighted by molar-refractivity contribution is -0.149. The third kappa shape index (κ3) is 1.46. The summed E-state index contributed by atoms with van der Waals surface area (Å²) in [6.45, 7) is 6.19. The number of epoxide rings is 1. The van der Waals surface area contributed by atoms with Gasteiger partial charge in [0.25, 0.3) is 0 Å². The van der Waals surface area contributed by atoms with E-state index in [0.29, 0.717) is 6.61 Å². The fourth-order valence-corrected chi connectivity index (χ4v) is 1.48. The summed E-state index contributed by atoms with van der Waals surface area (Å²) >= 11 is 0. The van der Waals surface area contributed by atoms with Crippen molar-refractivity contribution >= 4 is 5.97 Å². The molecule has 0 N–H and O–H groups in total. The Hall–Kier alpha value is -0.570. The standard InChI is InChI=1S/C9H16O3/c1-4-6-9(7(3)12-9)8(10)11-5-2/h7H,4-6H2,1-3H3. The van der Waals surface area contributed by atoms with Crippen molar-refractivity contribution in [3.63, 3.8) is 0 Å². The van der Waals surface area contributed by atoms with Crippen LogP contribution >= 0.6 is 0 Å². The molecule has 1 saturated heterocycles. The Morgan fingerprint density at radius 1 is 1.58 bits per heavy atom. The van der Waals surface area contributed by atoms with Gasteiger partial charge in [-0.05, 0) is 20.3 Å². The van der Waals surface area contributed by atoms with Gasteiger partial charge in [-0.2, -0.15) is 0 Å². The van der Waals surface area contributed by atoms with E-state index in [-0.39, 0.29) is 12.1 Å². The van der Waals surface area contributed by atoms with Gasteiger partial charge in [0, 0.05) is 0 Å². The highest BCUT2D eigenvalue weighted by Crippen LogP contribution is 2.41. The molecule has 0 aromatic carbocycles. The van der Waals surface area contributed by atoms with E-state index in [9.17, 15) is 4.79 Å². The monoisotopic (exact) mass is 172 g/mol. The fourth-order valence-electron chi connectivity index (χ4n) is 1.48. The molecule has 1 fully saturated rings. The van der Waals surface area contributed by atoms with Crippen LogP contribution in [-0.4, -0.2) is 24.3 Å². The van der Waals surface area contributed by atoms with Crippen molar-refractivity contribution in [2.24, 2.45) is 0 Å². The maximum atomic E-state index is 11.4. The minimum atomic E-state index is -0.592. The largest absolute Gasteiger partial charge is 0.464 e. The molecule has 2 atom stereocenters. The molecule has 0 amide bonds. The van der Waals surface area contributed by atoms with Crippen LogP contribution in [0.5, 0.6) is 0 Å². The molecule has 0 spiro atoms. The highest BCUT2D eigenvalue weighted by molar-refractivity contribution is 5.83. The highest BCUT2D eigenvalue weighted by Gasteiger charge is 2.60. The smallest absolute Gasteiger partial charge is 0.341 e. The Morgan fingerprint density at radius 3 is 2.50 bits per heavy atom. The summed E-state index contributed by atoms with van der Waals surface area (Å²) in [5, 5.41) is 0. The molecule has 0 aromatic heterocycles. The Morgan fingerprint density at radius 2 is 2.17 bits per heavy atom. The number of hydrogen-bond acceptors (Lipinski definition) is 3. The van der Waals surface area contributed by atoms with Gasteiger partial charge in [-0.3, -0.25) is 0 Å². The van der Waals surface area contributed by atoms with E-state index < -0.39 is 5.60 Å². The van der Waals surface area contributed by atoms with Crippen LogP contribution < -0.4 is 0 Å². The number of hydrogen-bond donors (Lipinski definition) is 0. The van der Waals surface area contributed by atoms with Gasteiger partial charge in [-0.15, -0.1) is 0 Å². The van der Waals surface area contributed by atoms with E-state index >= 15 is 0 Å². The maximum Gasteiger partial charge on any atom is 0.341 e. The summed E-state index contributed by atoms with van der Waals surface area (Å²) in [6, 6.07) is 0. The normalized spacial score (nSPS) is 33.1. The van der Waals surface area contributed by atoms with E-state index in [0.717, 1.165) is 12.8 Å². The van der Waals surface area contributed by atoms with E-state index in [1.807, 2.05) is 20.8 Å². The minimum absolute atomic E-state index is 0.0384. The van der Waals surface area contributed by atoms with E-state index in [4.69, 9.17) is 9.47 Å². The Balaban J connectivity index is 2.51. The minimum Gasteiger partial charge on any atom is -0.464 e. The molecule has 1 aliphatic heterocycles. The molecule has 2 unspecified atom stereocenters. The van der Waals surface area contributed by atoms with Crippen LogP contribution in [0, 0.1) is 0 Å².